The van der Waals surface area contributed by atoms with E-state index in [0.717, 1.165) is 13.0 Å². The molecule has 0 saturated carbocycles. The molecule has 2 unspecified atom stereocenters. The highest BCUT2D eigenvalue weighted by Crippen LogP contribution is 2.21. The van der Waals surface area contributed by atoms with Gasteiger partial charge in [-0.2, -0.15) is 0 Å². The van der Waals surface area contributed by atoms with Crippen LogP contribution in [-0.2, 0) is 9.53 Å². The molecule has 1 aliphatic heterocycles. The first-order chi connectivity index (χ1) is 4.75. The van der Waals surface area contributed by atoms with E-state index in [9.17, 15) is 4.79 Å². The quantitative estimate of drug-likeness (QED) is 0.582. The van der Waals surface area contributed by atoms with Gasteiger partial charge < -0.3 is 4.74 Å². The molecule has 0 spiro atoms. The molecule has 0 radical (unpaired) electrons. The van der Waals surface area contributed by atoms with Gasteiger partial charge in [0.15, 0.2) is 5.78 Å². The Morgan fingerprint density at radius 2 is 2.40 bits per heavy atom. The number of Topliss-reactive ketones (excluding diaryl/α,β-unsaturated/α-hetero) is 1. The molecule has 1 heterocycles. The van der Waals surface area contributed by atoms with Crippen LogP contribution in [0.2, 0.25) is 0 Å². The van der Waals surface area contributed by atoms with Crippen LogP contribution < -0.4 is 0 Å². The minimum absolute atomic E-state index is 0.0926. The zero-order valence-corrected chi connectivity index (χ0v) is 6.59. The Balaban J connectivity index is 2.46. The van der Waals surface area contributed by atoms with Crippen molar-refractivity contribution in [1.82, 2.24) is 0 Å². The van der Waals surface area contributed by atoms with Crippen LogP contribution in [0, 0.1) is 5.92 Å². The van der Waals surface area contributed by atoms with Gasteiger partial charge in [0.1, 0.15) is 6.10 Å². The average molecular weight is 142 g/mol. The number of rotatable bonds is 2. The number of carbonyl (C=O) groups is 1. The molecule has 1 saturated heterocycles. The molecular formula is C8H14O2. The first-order valence-electron chi connectivity index (χ1n) is 3.90. The Kier molecular flexibility index (Phi) is 2.44. The summed E-state index contributed by atoms with van der Waals surface area (Å²) in [5.74, 6) is 0.692. The van der Waals surface area contributed by atoms with Crippen LogP contribution in [0.4, 0.5) is 0 Å². The van der Waals surface area contributed by atoms with Gasteiger partial charge in [0, 0.05) is 13.0 Å². The normalized spacial score (nSPS) is 32.6. The summed E-state index contributed by atoms with van der Waals surface area (Å²) < 4.78 is 5.27. The van der Waals surface area contributed by atoms with Crippen molar-refractivity contribution in [2.75, 3.05) is 6.61 Å². The van der Waals surface area contributed by atoms with E-state index in [2.05, 4.69) is 6.92 Å². The minimum Gasteiger partial charge on any atom is -0.370 e. The summed E-state index contributed by atoms with van der Waals surface area (Å²) in [6.07, 6.45) is 1.55. The molecule has 10 heavy (non-hydrogen) atoms. The fourth-order valence-corrected chi connectivity index (χ4v) is 1.31. The standard InChI is InChI=1S/C8H14O2/c1-3-7(9)8-6(2)4-5-10-8/h6,8H,3-5H2,1-2H3. The van der Waals surface area contributed by atoms with Crippen molar-refractivity contribution in [3.05, 3.63) is 0 Å². The van der Waals surface area contributed by atoms with Crippen molar-refractivity contribution < 1.29 is 9.53 Å². The van der Waals surface area contributed by atoms with Crippen LogP contribution in [0.25, 0.3) is 0 Å². The van der Waals surface area contributed by atoms with Gasteiger partial charge in [0.25, 0.3) is 0 Å². The molecule has 0 amide bonds. The van der Waals surface area contributed by atoms with Gasteiger partial charge in [-0.1, -0.05) is 13.8 Å². The molecule has 0 aromatic carbocycles. The molecule has 0 aromatic rings. The lowest BCUT2D eigenvalue weighted by molar-refractivity contribution is -0.128. The minimum atomic E-state index is -0.0926. The van der Waals surface area contributed by atoms with Crippen molar-refractivity contribution in [2.24, 2.45) is 5.92 Å². The zero-order valence-electron chi connectivity index (χ0n) is 6.59. The molecule has 2 heteroatoms. The van der Waals surface area contributed by atoms with Crippen molar-refractivity contribution in [2.45, 2.75) is 32.8 Å². The average Bonchev–Trinajstić information content (AvgIpc) is 2.34. The summed E-state index contributed by atoms with van der Waals surface area (Å²) in [6, 6.07) is 0. The van der Waals surface area contributed by atoms with Crippen molar-refractivity contribution in [1.29, 1.82) is 0 Å². The number of ether oxygens (including phenoxy) is 1. The molecule has 1 rings (SSSR count). The van der Waals surface area contributed by atoms with E-state index in [0.29, 0.717) is 12.3 Å². The third-order valence-corrected chi connectivity index (χ3v) is 2.05. The number of ketones is 1. The molecule has 0 N–H and O–H groups in total. The molecule has 2 nitrogen and oxygen atoms in total. The van der Waals surface area contributed by atoms with Gasteiger partial charge in [0.05, 0.1) is 0 Å². The topological polar surface area (TPSA) is 26.3 Å². The monoisotopic (exact) mass is 142 g/mol. The third kappa shape index (κ3) is 1.37. The van der Waals surface area contributed by atoms with Crippen LogP contribution >= 0.6 is 0 Å². The fourth-order valence-electron chi connectivity index (χ4n) is 1.31. The molecule has 58 valence electrons. The predicted octanol–water partition coefficient (Wildman–Crippen LogP) is 1.39. The highest BCUT2D eigenvalue weighted by molar-refractivity contribution is 5.83. The second-order valence-corrected chi connectivity index (χ2v) is 2.88. The lowest BCUT2D eigenvalue weighted by Crippen LogP contribution is -2.23. The Morgan fingerprint density at radius 1 is 1.70 bits per heavy atom. The maximum absolute atomic E-state index is 11.1. The smallest absolute Gasteiger partial charge is 0.161 e. The lowest BCUT2D eigenvalue weighted by atomic mass is 10.00. The molecule has 1 aliphatic rings. The lowest BCUT2D eigenvalue weighted by Gasteiger charge is -2.10. The van der Waals surface area contributed by atoms with Gasteiger partial charge in [-0.15, -0.1) is 0 Å². The Bertz CT molecular complexity index is 131. The summed E-state index contributed by atoms with van der Waals surface area (Å²) in [7, 11) is 0. The third-order valence-electron chi connectivity index (χ3n) is 2.05. The van der Waals surface area contributed by atoms with E-state index in [4.69, 9.17) is 4.74 Å². The molecular weight excluding hydrogens is 128 g/mol. The summed E-state index contributed by atoms with van der Waals surface area (Å²) >= 11 is 0. The van der Waals surface area contributed by atoms with Gasteiger partial charge in [-0.3, -0.25) is 4.79 Å². The van der Waals surface area contributed by atoms with Crippen LogP contribution in [0.3, 0.4) is 0 Å². The number of hydrogen-bond acceptors (Lipinski definition) is 2. The fraction of sp³-hybridized carbons (Fsp3) is 0.875. The molecule has 1 fully saturated rings. The van der Waals surface area contributed by atoms with Gasteiger partial charge in [0.2, 0.25) is 0 Å². The Hall–Kier alpha value is -0.370. The highest BCUT2D eigenvalue weighted by Gasteiger charge is 2.28. The molecule has 2 atom stereocenters. The number of hydrogen-bond donors (Lipinski definition) is 0. The van der Waals surface area contributed by atoms with E-state index >= 15 is 0 Å². The maximum atomic E-state index is 11.1. The van der Waals surface area contributed by atoms with Crippen LogP contribution in [0.5, 0.6) is 0 Å². The van der Waals surface area contributed by atoms with Gasteiger partial charge >= 0.3 is 0 Å². The van der Waals surface area contributed by atoms with E-state index in [-0.39, 0.29) is 11.9 Å². The summed E-state index contributed by atoms with van der Waals surface area (Å²) in [5, 5.41) is 0. The first kappa shape index (κ1) is 7.73. The van der Waals surface area contributed by atoms with E-state index in [1.165, 1.54) is 0 Å². The SMILES string of the molecule is CCC(=O)C1OCCC1C. The van der Waals surface area contributed by atoms with E-state index in [1.54, 1.807) is 0 Å². The zero-order chi connectivity index (χ0) is 7.56. The Labute approximate surface area is 61.6 Å². The van der Waals surface area contributed by atoms with E-state index in [1.807, 2.05) is 6.92 Å². The van der Waals surface area contributed by atoms with Crippen molar-refractivity contribution in [3.8, 4) is 0 Å². The van der Waals surface area contributed by atoms with Gasteiger partial charge in [-0.25, -0.2) is 0 Å². The Morgan fingerprint density at radius 3 is 2.80 bits per heavy atom. The molecule has 0 aromatic heterocycles. The maximum Gasteiger partial charge on any atom is 0.161 e. The van der Waals surface area contributed by atoms with Crippen molar-refractivity contribution >= 4 is 5.78 Å². The summed E-state index contributed by atoms with van der Waals surface area (Å²) in [6.45, 7) is 4.72. The highest BCUT2D eigenvalue weighted by atomic mass is 16.5. The first-order valence-corrected chi connectivity index (χ1v) is 3.90. The molecule has 0 aliphatic carbocycles. The van der Waals surface area contributed by atoms with Gasteiger partial charge in [-0.05, 0) is 12.3 Å². The second kappa shape index (κ2) is 3.15. The second-order valence-electron chi connectivity index (χ2n) is 2.88. The van der Waals surface area contributed by atoms with Crippen LogP contribution in [0.15, 0.2) is 0 Å². The van der Waals surface area contributed by atoms with Crippen LogP contribution in [0.1, 0.15) is 26.7 Å². The van der Waals surface area contributed by atoms with Crippen molar-refractivity contribution in [3.63, 3.8) is 0 Å². The predicted molar refractivity (Wildman–Crippen MR) is 38.8 cm³/mol. The largest absolute Gasteiger partial charge is 0.370 e. The summed E-state index contributed by atoms with van der Waals surface area (Å²) in [4.78, 5) is 11.1. The van der Waals surface area contributed by atoms with Crippen LogP contribution in [-0.4, -0.2) is 18.5 Å². The molecule has 0 bridgehead atoms. The van der Waals surface area contributed by atoms with E-state index < -0.39 is 0 Å². The number of carbonyl (C=O) groups excluding carboxylic acids is 1. The summed E-state index contributed by atoms with van der Waals surface area (Å²) in [5.41, 5.74) is 0.